The van der Waals surface area contributed by atoms with E-state index in [1.54, 1.807) is 0 Å². The number of hydrogen-bond acceptors (Lipinski definition) is 2. The van der Waals surface area contributed by atoms with Crippen molar-refractivity contribution in [3.63, 3.8) is 0 Å². The zero-order valence-electron chi connectivity index (χ0n) is 9.54. The van der Waals surface area contributed by atoms with E-state index in [9.17, 15) is 0 Å². The van der Waals surface area contributed by atoms with Crippen molar-refractivity contribution in [2.24, 2.45) is 5.92 Å². The van der Waals surface area contributed by atoms with Crippen LogP contribution in [0.1, 0.15) is 51.4 Å². The third-order valence-electron chi connectivity index (χ3n) is 4.36. The molecule has 0 aromatic heterocycles. The van der Waals surface area contributed by atoms with Gasteiger partial charge in [0.1, 0.15) is 0 Å². The van der Waals surface area contributed by atoms with Crippen LogP contribution in [0.15, 0.2) is 0 Å². The van der Waals surface area contributed by atoms with E-state index in [0.29, 0.717) is 6.10 Å². The lowest BCUT2D eigenvalue weighted by Gasteiger charge is -2.43. The fourth-order valence-electron chi connectivity index (χ4n) is 3.45. The summed E-state index contributed by atoms with van der Waals surface area (Å²) in [6.07, 6.45) is 11.3. The molecule has 2 heteroatoms. The van der Waals surface area contributed by atoms with Gasteiger partial charge in [-0.15, -0.1) is 0 Å². The zero-order chi connectivity index (χ0) is 10.1. The average molecular weight is 210 g/mol. The molecule has 0 amide bonds. The van der Waals surface area contributed by atoms with Gasteiger partial charge in [-0.3, -0.25) is 0 Å². The van der Waals surface area contributed by atoms with Crippen LogP contribution < -0.4 is 0 Å². The second-order valence-electron chi connectivity index (χ2n) is 5.64. The van der Waals surface area contributed by atoms with Crippen LogP contribution in [-0.4, -0.2) is 24.9 Å². The summed E-state index contributed by atoms with van der Waals surface area (Å²) in [5.41, 5.74) is 0.288. The third kappa shape index (κ3) is 2.36. The molecule has 0 N–H and O–H groups in total. The van der Waals surface area contributed by atoms with Crippen LogP contribution in [0.2, 0.25) is 0 Å². The minimum Gasteiger partial charge on any atom is -0.375 e. The molecule has 2 aliphatic heterocycles. The lowest BCUT2D eigenvalue weighted by Crippen LogP contribution is -2.41. The van der Waals surface area contributed by atoms with Gasteiger partial charge >= 0.3 is 0 Å². The highest BCUT2D eigenvalue weighted by Crippen LogP contribution is 2.42. The molecule has 1 aliphatic carbocycles. The predicted molar refractivity (Wildman–Crippen MR) is 58.8 cm³/mol. The highest BCUT2D eigenvalue weighted by atomic mass is 16.6. The van der Waals surface area contributed by atoms with Crippen molar-refractivity contribution in [3.8, 4) is 0 Å². The summed E-state index contributed by atoms with van der Waals surface area (Å²) in [4.78, 5) is 0. The summed E-state index contributed by atoms with van der Waals surface area (Å²) >= 11 is 0. The van der Waals surface area contributed by atoms with Crippen molar-refractivity contribution in [3.05, 3.63) is 0 Å². The zero-order valence-corrected chi connectivity index (χ0v) is 9.54. The molecule has 2 saturated heterocycles. The van der Waals surface area contributed by atoms with E-state index in [1.165, 1.54) is 51.4 Å². The monoisotopic (exact) mass is 210 g/mol. The molecule has 3 rings (SSSR count). The normalized spacial score (nSPS) is 39.2. The second-order valence-corrected chi connectivity index (χ2v) is 5.64. The summed E-state index contributed by atoms with van der Waals surface area (Å²) in [6.45, 7) is 2.02. The van der Waals surface area contributed by atoms with Crippen molar-refractivity contribution in [1.82, 2.24) is 0 Å². The lowest BCUT2D eigenvalue weighted by molar-refractivity contribution is -0.118. The average Bonchev–Trinajstić information content (AvgIpc) is 3.03. The van der Waals surface area contributed by atoms with E-state index >= 15 is 0 Å². The first-order valence-electron chi connectivity index (χ1n) is 6.62. The number of hydrogen-bond donors (Lipinski definition) is 0. The molecule has 3 aliphatic rings. The van der Waals surface area contributed by atoms with Crippen molar-refractivity contribution in [2.75, 3.05) is 13.2 Å². The molecule has 0 aromatic rings. The highest BCUT2D eigenvalue weighted by molar-refractivity contribution is 4.91. The van der Waals surface area contributed by atoms with E-state index in [2.05, 4.69) is 0 Å². The van der Waals surface area contributed by atoms with Crippen molar-refractivity contribution in [2.45, 2.75) is 63.1 Å². The van der Waals surface area contributed by atoms with Gasteiger partial charge in [0.15, 0.2) is 0 Å². The van der Waals surface area contributed by atoms with Gasteiger partial charge in [0.25, 0.3) is 0 Å². The first kappa shape index (κ1) is 10.1. The predicted octanol–water partition coefficient (Wildman–Crippen LogP) is 2.90. The Morgan fingerprint density at radius 3 is 2.67 bits per heavy atom. The van der Waals surface area contributed by atoms with E-state index < -0.39 is 0 Å². The van der Waals surface area contributed by atoms with E-state index in [0.717, 1.165) is 19.1 Å². The molecule has 1 saturated carbocycles. The molecular weight excluding hydrogens is 188 g/mol. The molecule has 86 valence electrons. The van der Waals surface area contributed by atoms with E-state index in [4.69, 9.17) is 9.47 Å². The van der Waals surface area contributed by atoms with E-state index in [-0.39, 0.29) is 5.60 Å². The van der Waals surface area contributed by atoms with Gasteiger partial charge in [-0.1, -0.05) is 19.3 Å². The topological polar surface area (TPSA) is 21.8 Å². The Hall–Kier alpha value is -0.0800. The Kier molecular flexibility index (Phi) is 2.73. The molecular formula is C13H22O2. The highest BCUT2D eigenvalue weighted by Gasteiger charge is 2.40. The maximum Gasteiger partial charge on any atom is 0.0812 e. The largest absolute Gasteiger partial charge is 0.375 e. The van der Waals surface area contributed by atoms with Crippen LogP contribution in [0.5, 0.6) is 0 Å². The van der Waals surface area contributed by atoms with Gasteiger partial charge in [0.2, 0.25) is 0 Å². The minimum absolute atomic E-state index is 0.288. The second kappa shape index (κ2) is 4.06. The fourth-order valence-corrected chi connectivity index (χ4v) is 3.45. The summed E-state index contributed by atoms with van der Waals surface area (Å²) in [5, 5.41) is 0. The van der Waals surface area contributed by atoms with Crippen LogP contribution in [0, 0.1) is 5.92 Å². The molecule has 3 fully saturated rings. The van der Waals surface area contributed by atoms with Crippen LogP contribution in [0.3, 0.4) is 0 Å². The summed E-state index contributed by atoms with van der Waals surface area (Å²) in [5.74, 6) is 0.879. The van der Waals surface area contributed by atoms with Gasteiger partial charge in [0.05, 0.1) is 18.3 Å². The van der Waals surface area contributed by atoms with Crippen molar-refractivity contribution in [1.29, 1.82) is 0 Å². The van der Waals surface area contributed by atoms with Crippen LogP contribution >= 0.6 is 0 Å². The molecule has 2 nitrogen and oxygen atoms in total. The van der Waals surface area contributed by atoms with Crippen LogP contribution in [0.25, 0.3) is 0 Å². The number of ether oxygens (including phenoxy) is 2. The van der Waals surface area contributed by atoms with Crippen molar-refractivity contribution < 1.29 is 9.47 Å². The first-order valence-corrected chi connectivity index (χ1v) is 6.62. The third-order valence-corrected chi connectivity index (χ3v) is 4.36. The minimum atomic E-state index is 0.288. The fraction of sp³-hybridized carbons (Fsp3) is 1.00. The quantitative estimate of drug-likeness (QED) is 0.654. The molecule has 15 heavy (non-hydrogen) atoms. The van der Waals surface area contributed by atoms with Crippen molar-refractivity contribution >= 4 is 0 Å². The summed E-state index contributed by atoms with van der Waals surface area (Å²) < 4.78 is 11.4. The SMILES string of the molecule is C1CCC2(CC1)CC(CC1CO1)CCO2. The smallest absolute Gasteiger partial charge is 0.0812 e. The maximum atomic E-state index is 6.10. The Labute approximate surface area is 92.3 Å². The molecule has 2 heterocycles. The maximum absolute atomic E-state index is 6.10. The molecule has 2 atom stereocenters. The molecule has 0 radical (unpaired) electrons. The lowest BCUT2D eigenvalue weighted by atomic mass is 9.75. The Morgan fingerprint density at radius 1 is 1.13 bits per heavy atom. The van der Waals surface area contributed by atoms with E-state index in [1.807, 2.05) is 0 Å². The first-order chi connectivity index (χ1) is 7.36. The standard InChI is InChI=1S/C13H22O2/c1-2-5-13(6-3-1)9-11(4-7-15-13)8-12-10-14-12/h11-12H,1-10H2. The molecule has 0 aromatic carbocycles. The van der Waals surface area contributed by atoms with Gasteiger partial charge in [-0.2, -0.15) is 0 Å². The molecule has 0 bridgehead atoms. The Balaban J connectivity index is 1.58. The van der Waals surface area contributed by atoms with Crippen LogP contribution in [0.4, 0.5) is 0 Å². The van der Waals surface area contributed by atoms with Gasteiger partial charge in [0, 0.05) is 6.61 Å². The Bertz CT molecular complexity index is 211. The molecule has 2 unspecified atom stereocenters. The van der Waals surface area contributed by atoms with Gasteiger partial charge in [-0.25, -0.2) is 0 Å². The van der Waals surface area contributed by atoms with Gasteiger partial charge in [-0.05, 0) is 38.0 Å². The van der Waals surface area contributed by atoms with Crippen LogP contribution in [-0.2, 0) is 9.47 Å². The number of epoxide rings is 1. The summed E-state index contributed by atoms with van der Waals surface area (Å²) in [7, 11) is 0. The summed E-state index contributed by atoms with van der Waals surface area (Å²) in [6, 6.07) is 0. The number of rotatable bonds is 2. The Morgan fingerprint density at radius 2 is 1.93 bits per heavy atom. The molecule has 1 spiro atoms. The van der Waals surface area contributed by atoms with Gasteiger partial charge < -0.3 is 9.47 Å².